The van der Waals surface area contributed by atoms with Gasteiger partial charge >= 0.3 is 0 Å². The Kier molecular flexibility index (Phi) is 6.18. The van der Waals surface area contributed by atoms with E-state index in [2.05, 4.69) is 39.9 Å². The molecule has 0 aliphatic carbocycles. The van der Waals surface area contributed by atoms with Gasteiger partial charge in [-0.1, -0.05) is 30.3 Å². The number of nitrogens with one attached hydrogen (secondary N) is 1. The largest absolute Gasteiger partial charge is 0.318 e. The van der Waals surface area contributed by atoms with Crippen LogP contribution in [-0.4, -0.2) is 36.1 Å². The van der Waals surface area contributed by atoms with Gasteiger partial charge in [-0.05, 0) is 26.4 Å². The van der Waals surface area contributed by atoms with Crippen molar-refractivity contribution in [1.29, 1.82) is 0 Å². The molecule has 0 amide bonds. The number of aromatic nitrogens is 1. The van der Waals surface area contributed by atoms with Gasteiger partial charge in [-0.15, -0.1) is 23.7 Å². The predicted octanol–water partition coefficient (Wildman–Crippen LogP) is 3.42. The lowest BCUT2D eigenvalue weighted by atomic mass is 10.2. The van der Waals surface area contributed by atoms with Gasteiger partial charge in [0.25, 0.3) is 0 Å². The Balaban J connectivity index is 0.00000161. The Morgan fingerprint density at radius 3 is 2.90 bits per heavy atom. The molecule has 1 atom stereocenters. The zero-order valence-electron chi connectivity index (χ0n) is 12.3. The van der Waals surface area contributed by atoms with Crippen molar-refractivity contribution in [3.8, 4) is 10.6 Å². The van der Waals surface area contributed by atoms with Crippen molar-refractivity contribution < 1.29 is 0 Å². The molecular formula is C16H22ClN3S. The lowest BCUT2D eigenvalue weighted by molar-refractivity contribution is 0.240. The average molecular weight is 324 g/mol. The van der Waals surface area contributed by atoms with Crippen LogP contribution in [0.1, 0.15) is 18.5 Å². The summed E-state index contributed by atoms with van der Waals surface area (Å²) in [6.45, 7) is 3.26. The molecular weight excluding hydrogens is 302 g/mol. The number of hydrogen-bond donors (Lipinski definition) is 1. The van der Waals surface area contributed by atoms with Crippen LogP contribution in [0.5, 0.6) is 0 Å². The molecule has 1 saturated heterocycles. The first-order valence-electron chi connectivity index (χ1n) is 7.25. The highest BCUT2D eigenvalue weighted by atomic mass is 35.5. The maximum absolute atomic E-state index is 4.79. The number of benzene rings is 1. The molecule has 0 spiro atoms. The van der Waals surface area contributed by atoms with E-state index in [1.54, 1.807) is 11.3 Å². The number of likely N-dealkylation sites (N-methyl/N-ethyl adjacent to an activating group) is 1. The van der Waals surface area contributed by atoms with E-state index in [1.165, 1.54) is 30.6 Å². The Morgan fingerprint density at radius 1 is 1.33 bits per heavy atom. The first kappa shape index (κ1) is 16.4. The van der Waals surface area contributed by atoms with Crippen LogP contribution in [0.4, 0.5) is 0 Å². The number of thiazole rings is 1. The van der Waals surface area contributed by atoms with E-state index in [0.717, 1.165) is 18.1 Å². The van der Waals surface area contributed by atoms with Crippen molar-refractivity contribution in [2.75, 3.05) is 20.1 Å². The molecule has 1 aliphatic heterocycles. The minimum atomic E-state index is 0. The first-order chi connectivity index (χ1) is 9.86. The van der Waals surface area contributed by atoms with Crippen molar-refractivity contribution in [3.63, 3.8) is 0 Å². The van der Waals surface area contributed by atoms with E-state index in [-0.39, 0.29) is 12.4 Å². The smallest absolute Gasteiger partial charge is 0.123 e. The number of nitrogens with zero attached hydrogens (tertiary/aromatic N) is 2. The monoisotopic (exact) mass is 323 g/mol. The molecule has 114 valence electrons. The van der Waals surface area contributed by atoms with Gasteiger partial charge in [0.2, 0.25) is 0 Å². The minimum absolute atomic E-state index is 0. The summed E-state index contributed by atoms with van der Waals surface area (Å²) in [6.07, 6.45) is 2.61. The number of likely N-dealkylation sites (tertiary alicyclic amines) is 1. The van der Waals surface area contributed by atoms with Crippen LogP contribution in [0.3, 0.4) is 0 Å². The lowest BCUT2D eigenvalue weighted by Crippen LogP contribution is -2.36. The predicted molar refractivity (Wildman–Crippen MR) is 92.2 cm³/mol. The van der Waals surface area contributed by atoms with Gasteiger partial charge in [0.15, 0.2) is 0 Å². The molecule has 1 N–H and O–H groups in total. The minimum Gasteiger partial charge on any atom is -0.318 e. The van der Waals surface area contributed by atoms with Gasteiger partial charge in [0, 0.05) is 30.1 Å². The van der Waals surface area contributed by atoms with Crippen LogP contribution in [-0.2, 0) is 6.54 Å². The van der Waals surface area contributed by atoms with E-state index in [1.807, 2.05) is 13.1 Å². The Hall–Kier alpha value is -0.940. The lowest BCUT2D eigenvalue weighted by Gasteiger charge is -2.23. The molecule has 21 heavy (non-hydrogen) atoms. The molecule has 1 fully saturated rings. The second-order valence-corrected chi connectivity index (χ2v) is 6.19. The number of rotatable bonds is 5. The molecule has 2 aromatic rings. The van der Waals surface area contributed by atoms with Crippen LogP contribution < -0.4 is 5.32 Å². The van der Waals surface area contributed by atoms with E-state index >= 15 is 0 Å². The van der Waals surface area contributed by atoms with Crippen LogP contribution in [0.25, 0.3) is 10.6 Å². The fraction of sp³-hybridized carbons (Fsp3) is 0.438. The van der Waals surface area contributed by atoms with Crippen LogP contribution in [0.15, 0.2) is 35.7 Å². The van der Waals surface area contributed by atoms with E-state index in [0.29, 0.717) is 6.04 Å². The Morgan fingerprint density at radius 2 is 2.14 bits per heavy atom. The third-order valence-corrected chi connectivity index (χ3v) is 4.82. The standard InChI is InChI=1S/C16H21N3S.ClH/c1-17-10-15-8-5-9-19(15)11-14-12-20-16(18-14)13-6-3-2-4-7-13;/h2-4,6-7,12,15,17H,5,8-11H2,1H3;1H. The van der Waals surface area contributed by atoms with Gasteiger partial charge in [-0.2, -0.15) is 0 Å². The summed E-state index contributed by atoms with van der Waals surface area (Å²) in [4.78, 5) is 7.35. The van der Waals surface area contributed by atoms with Crippen LogP contribution >= 0.6 is 23.7 Å². The first-order valence-corrected chi connectivity index (χ1v) is 8.13. The molecule has 0 bridgehead atoms. The molecule has 3 rings (SSSR count). The van der Waals surface area contributed by atoms with E-state index in [9.17, 15) is 0 Å². The fourth-order valence-electron chi connectivity index (χ4n) is 2.87. The number of halogens is 1. The second kappa shape index (κ2) is 7.90. The molecule has 1 aromatic carbocycles. The normalized spacial score (nSPS) is 18.6. The van der Waals surface area contributed by atoms with Crippen molar-refractivity contribution in [2.24, 2.45) is 0 Å². The molecule has 0 saturated carbocycles. The highest BCUT2D eigenvalue weighted by Gasteiger charge is 2.24. The van der Waals surface area contributed by atoms with Crippen LogP contribution in [0.2, 0.25) is 0 Å². The van der Waals surface area contributed by atoms with Gasteiger partial charge in [-0.25, -0.2) is 4.98 Å². The van der Waals surface area contributed by atoms with Crippen molar-refractivity contribution in [1.82, 2.24) is 15.2 Å². The van der Waals surface area contributed by atoms with Crippen molar-refractivity contribution >= 4 is 23.7 Å². The zero-order chi connectivity index (χ0) is 13.8. The van der Waals surface area contributed by atoms with E-state index in [4.69, 9.17) is 4.98 Å². The van der Waals surface area contributed by atoms with Gasteiger partial charge in [-0.3, -0.25) is 4.90 Å². The molecule has 0 radical (unpaired) electrons. The summed E-state index contributed by atoms with van der Waals surface area (Å²) in [5.74, 6) is 0. The summed E-state index contributed by atoms with van der Waals surface area (Å²) < 4.78 is 0. The fourth-order valence-corrected chi connectivity index (χ4v) is 3.69. The highest BCUT2D eigenvalue weighted by molar-refractivity contribution is 7.13. The maximum atomic E-state index is 4.79. The molecule has 1 aromatic heterocycles. The average Bonchev–Trinajstić information content (AvgIpc) is 3.11. The third kappa shape index (κ3) is 4.04. The SMILES string of the molecule is CNCC1CCCN1Cc1csc(-c2ccccc2)n1.Cl. The summed E-state index contributed by atoms with van der Waals surface area (Å²) in [6, 6.07) is 11.1. The summed E-state index contributed by atoms with van der Waals surface area (Å²) in [7, 11) is 2.03. The topological polar surface area (TPSA) is 28.2 Å². The number of hydrogen-bond acceptors (Lipinski definition) is 4. The highest BCUT2D eigenvalue weighted by Crippen LogP contribution is 2.25. The summed E-state index contributed by atoms with van der Waals surface area (Å²) in [5.41, 5.74) is 2.42. The van der Waals surface area contributed by atoms with Crippen molar-refractivity contribution in [2.45, 2.75) is 25.4 Å². The van der Waals surface area contributed by atoms with Gasteiger partial charge < -0.3 is 5.32 Å². The Bertz CT molecular complexity index is 543. The molecule has 3 nitrogen and oxygen atoms in total. The van der Waals surface area contributed by atoms with Gasteiger partial charge in [0.1, 0.15) is 5.01 Å². The molecule has 1 aliphatic rings. The molecule has 1 unspecified atom stereocenters. The molecule has 2 heterocycles. The third-order valence-electron chi connectivity index (χ3n) is 3.88. The summed E-state index contributed by atoms with van der Waals surface area (Å²) >= 11 is 1.75. The summed E-state index contributed by atoms with van der Waals surface area (Å²) in [5, 5.41) is 6.63. The van der Waals surface area contributed by atoms with E-state index < -0.39 is 0 Å². The van der Waals surface area contributed by atoms with Crippen molar-refractivity contribution in [3.05, 3.63) is 41.4 Å². The zero-order valence-corrected chi connectivity index (χ0v) is 13.9. The second-order valence-electron chi connectivity index (χ2n) is 5.33. The Labute approximate surface area is 136 Å². The van der Waals surface area contributed by atoms with Gasteiger partial charge in [0.05, 0.1) is 5.69 Å². The quantitative estimate of drug-likeness (QED) is 0.914. The maximum Gasteiger partial charge on any atom is 0.123 e. The van der Waals surface area contributed by atoms with Crippen LogP contribution in [0, 0.1) is 0 Å². The molecule has 5 heteroatoms.